The number of ether oxygens (including phenoxy) is 1. The van der Waals surface area contributed by atoms with Crippen LogP contribution in [0.5, 0.6) is 0 Å². The van der Waals surface area contributed by atoms with Gasteiger partial charge < -0.3 is 10.1 Å². The molecule has 1 aromatic rings. The van der Waals surface area contributed by atoms with Crippen molar-refractivity contribution in [2.75, 3.05) is 32.8 Å². The van der Waals surface area contributed by atoms with Gasteiger partial charge in [0.25, 0.3) is 5.91 Å². The van der Waals surface area contributed by atoms with Crippen molar-refractivity contribution >= 4 is 29.1 Å². The molecule has 1 atom stereocenters. The first-order chi connectivity index (χ1) is 11.0. The van der Waals surface area contributed by atoms with Crippen molar-refractivity contribution in [3.63, 3.8) is 0 Å². The number of amides is 1. The van der Waals surface area contributed by atoms with E-state index >= 15 is 0 Å². The molecule has 0 aliphatic carbocycles. The van der Waals surface area contributed by atoms with Crippen LogP contribution in [0.4, 0.5) is 0 Å². The minimum absolute atomic E-state index is 0.181. The van der Waals surface area contributed by atoms with Crippen LogP contribution in [0.3, 0.4) is 0 Å². The van der Waals surface area contributed by atoms with Crippen LogP contribution >= 0.6 is 23.2 Å². The fraction of sp³-hybridized carbons (Fsp3) is 0.588. The Morgan fingerprint density at radius 2 is 2.00 bits per heavy atom. The van der Waals surface area contributed by atoms with E-state index in [-0.39, 0.29) is 5.91 Å². The van der Waals surface area contributed by atoms with Crippen molar-refractivity contribution < 1.29 is 9.53 Å². The molecule has 0 bridgehead atoms. The average molecular weight is 359 g/mol. The lowest BCUT2D eigenvalue weighted by Gasteiger charge is -2.35. The highest BCUT2D eigenvalue weighted by Gasteiger charge is 2.23. The monoisotopic (exact) mass is 358 g/mol. The van der Waals surface area contributed by atoms with E-state index in [0.717, 1.165) is 32.7 Å². The predicted molar refractivity (Wildman–Crippen MR) is 94.4 cm³/mol. The van der Waals surface area contributed by atoms with E-state index in [1.807, 2.05) is 0 Å². The fourth-order valence-electron chi connectivity index (χ4n) is 2.83. The zero-order chi connectivity index (χ0) is 16.8. The van der Waals surface area contributed by atoms with Gasteiger partial charge in [-0.15, -0.1) is 0 Å². The van der Waals surface area contributed by atoms with Crippen molar-refractivity contribution in [3.05, 3.63) is 33.8 Å². The van der Waals surface area contributed by atoms with Gasteiger partial charge in [0.2, 0.25) is 0 Å². The van der Waals surface area contributed by atoms with Gasteiger partial charge >= 0.3 is 0 Å². The number of carbonyl (C=O) groups is 1. The summed E-state index contributed by atoms with van der Waals surface area (Å²) < 4.78 is 5.42. The van der Waals surface area contributed by atoms with Gasteiger partial charge in [-0.25, -0.2) is 0 Å². The number of halogens is 2. The highest BCUT2D eigenvalue weighted by molar-refractivity contribution is 6.35. The van der Waals surface area contributed by atoms with Crippen molar-refractivity contribution in [3.8, 4) is 0 Å². The van der Waals surface area contributed by atoms with Gasteiger partial charge in [-0.05, 0) is 30.5 Å². The molecule has 0 radical (unpaired) electrons. The molecule has 128 valence electrons. The third kappa shape index (κ3) is 5.64. The molecule has 23 heavy (non-hydrogen) atoms. The van der Waals surface area contributed by atoms with Crippen molar-refractivity contribution in [1.82, 2.24) is 10.2 Å². The number of benzene rings is 1. The lowest BCUT2D eigenvalue weighted by molar-refractivity contribution is 0.0124. The number of nitrogens with zero attached hydrogens (tertiary/aromatic N) is 1. The normalized spacial score (nSPS) is 17.3. The van der Waals surface area contributed by atoms with Crippen molar-refractivity contribution in [2.24, 2.45) is 5.92 Å². The molecule has 0 saturated carbocycles. The van der Waals surface area contributed by atoms with E-state index in [2.05, 4.69) is 24.1 Å². The molecule has 6 heteroatoms. The molecule has 1 N–H and O–H groups in total. The third-order valence-corrected chi connectivity index (χ3v) is 4.54. The Morgan fingerprint density at radius 3 is 2.65 bits per heavy atom. The zero-order valence-electron chi connectivity index (χ0n) is 13.6. The molecule has 1 aromatic carbocycles. The summed E-state index contributed by atoms with van der Waals surface area (Å²) in [5.41, 5.74) is 0.421. The summed E-state index contributed by atoms with van der Waals surface area (Å²) in [5, 5.41) is 3.93. The summed E-state index contributed by atoms with van der Waals surface area (Å²) in [7, 11) is 0. The van der Waals surface area contributed by atoms with Gasteiger partial charge in [-0.1, -0.05) is 37.0 Å². The number of hydrogen-bond donors (Lipinski definition) is 1. The van der Waals surface area contributed by atoms with E-state index in [4.69, 9.17) is 27.9 Å². The summed E-state index contributed by atoms with van der Waals surface area (Å²) in [4.78, 5) is 14.8. The quantitative estimate of drug-likeness (QED) is 0.846. The van der Waals surface area contributed by atoms with Crippen molar-refractivity contribution in [1.29, 1.82) is 0 Å². The SMILES string of the molecule is CC(C)CC(CNC(=O)c1cc(Cl)ccc1Cl)N1CCOCC1. The van der Waals surface area contributed by atoms with E-state index < -0.39 is 0 Å². The Bertz CT molecular complexity index is 531. The van der Waals surface area contributed by atoms with Crippen LogP contribution in [0.15, 0.2) is 18.2 Å². The minimum Gasteiger partial charge on any atom is -0.379 e. The predicted octanol–water partition coefficient (Wildman–Crippen LogP) is 3.47. The second kappa shape index (κ2) is 8.88. The van der Waals surface area contributed by atoms with Crippen LogP contribution in [-0.4, -0.2) is 49.7 Å². The Labute approximate surface area is 148 Å². The first kappa shape index (κ1) is 18.5. The minimum atomic E-state index is -0.181. The first-order valence-electron chi connectivity index (χ1n) is 8.02. The van der Waals surface area contributed by atoms with Gasteiger partial charge in [0.1, 0.15) is 0 Å². The molecule has 1 unspecified atom stereocenters. The van der Waals surface area contributed by atoms with Gasteiger partial charge in [0.05, 0.1) is 23.8 Å². The lowest BCUT2D eigenvalue weighted by Crippen LogP contribution is -2.49. The summed E-state index contributed by atoms with van der Waals surface area (Å²) in [6.45, 7) is 8.31. The van der Waals surface area contributed by atoms with Crippen LogP contribution in [0.1, 0.15) is 30.6 Å². The van der Waals surface area contributed by atoms with Crippen LogP contribution in [0, 0.1) is 5.92 Å². The summed E-state index contributed by atoms with van der Waals surface area (Å²) in [6.07, 6.45) is 1.03. The van der Waals surface area contributed by atoms with Crippen LogP contribution < -0.4 is 5.32 Å². The summed E-state index contributed by atoms with van der Waals surface area (Å²) in [6, 6.07) is 5.23. The molecule has 1 aliphatic rings. The molecule has 1 amide bonds. The van der Waals surface area contributed by atoms with Crippen molar-refractivity contribution in [2.45, 2.75) is 26.3 Å². The Hall–Kier alpha value is -0.810. The summed E-state index contributed by atoms with van der Waals surface area (Å²) in [5.74, 6) is 0.383. The number of hydrogen-bond acceptors (Lipinski definition) is 3. The first-order valence-corrected chi connectivity index (χ1v) is 8.78. The highest BCUT2D eigenvalue weighted by atomic mass is 35.5. The summed E-state index contributed by atoms with van der Waals surface area (Å²) >= 11 is 12.0. The molecule has 2 rings (SSSR count). The maximum Gasteiger partial charge on any atom is 0.252 e. The zero-order valence-corrected chi connectivity index (χ0v) is 15.2. The maximum atomic E-state index is 12.4. The molecule has 0 aromatic heterocycles. The second-order valence-electron chi connectivity index (χ2n) is 6.27. The Kier molecular flexibility index (Phi) is 7.15. The molecule has 1 heterocycles. The topological polar surface area (TPSA) is 41.6 Å². The van der Waals surface area contributed by atoms with Gasteiger partial charge in [0.15, 0.2) is 0 Å². The van der Waals surface area contributed by atoms with E-state index in [1.165, 1.54) is 0 Å². The van der Waals surface area contributed by atoms with Gasteiger partial charge in [0, 0.05) is 30.7 Å². The molecule has 4 nitrogen and oxygen atoms in total. The highest BCUT2D eigenvalue weighted by Crippen LogP contribution is 2.20. The standard InChI is InChI=1S/C17H24Cl2N2O2/c1-12(2)9-14(21-5-7-23-8-6-21)11-20-17(22)15-10-13(18)3-4-16(15)19/h3-4,10,12,14H,5-9,11H2,1-2H3,(H,20,22). The molecular weight excluding hydrogens is 335 g/mol. The second-order valence-corrected chi connectivity index (χ2v) is 7.11. The van der Waals surface area contributed by atoms with E-state index in [1.54, 1.807) is 18.2 Å². The molecule has 1 saturated heterocycles. The van der Waals surface area contributed by atoms with E-state index in [9.17, 15) is 4.79 Å². The van der Waals surface area contributed by atoms with Crippen LogP contribution in [0.2, 0.25) is 10.0 Å². The largest absolute Gasteiger partial charge is 0.379 e. The maximum absolute atomic E-state index is 12.4. The average Bonchev–Trinajstić information content (AvgIpc) is 2.54. The van der Waals surface area contributed by atoms with Gasteiger partial charge in [-0.3, -0.25) is 9.69 Å². The van der Waals surface area contributed by atoms with Crippen LogP contribution in [0.25, 0.3) is 0 Å². The molecule has 1 aliphatic heterocycles. The smallest absolute Gasteiger partial charge is 0.252 e. The van der Waals surface area contributed by atoms with Crippen LogP contribution in [-0.2, 0) is 4.74 Å². The van der Waals surface area contributed by atoms with Gasteiger partial charge in [-0.2, -0.15) is 0 Å². The number of nitrogens with one attached hydrogen (secondary N) is 1. The Balaban J connectivity index is 1.99. The molecule has 0 spiro atoms. The lowest BCUT2D eigenvalue weighted by atomic mass is 10.0. The number of morpholine rings is 1. The van der Waals surface area contributed by atoms with E-state index in [0.29, 0.717) is 34.1 Å². The number of carbonyl (C=O) groups excluding carboxylic acids is 1. The Morgan fingerprint density at radius 1 is 1.30 bits per heavy atom. The third-order valence-electron chi connectivity index (χ3n) is 3.98. The molecular formula is C17H24Cl2N2O2. The number of rotatable bonds is 6. The molecule has 1 fully saturated rings. The fourth-order valence-corrected chi connectivity index (χ4v) is 3.20.